The third-order valence-electron chi connectivity index (χ3n) is 4.77. The van der Waals surface area contributed by atoms with Crippen molar-refractivity contribution in [2.75, 3.05) is 18.8 Å². The number of likely N-dealkylation sites (tertiary alicyclic amines) is 1. The number of hydrogen-bond acceptors (Lipinski definition) is 5. The predicted molar refractivity (Wildman–Crippen MR) is 97.5 cm³/mol. The fourth-order valence-electron chi connectivity index (χ4n) is 3.39. The van der Waals surface area contributed by atoms with Gasteiger partial charge in [0.05, 0.1) is 28.7 Å². The van der Waals surface area contributed by atoms with Crippen molar-refractivity contribution in [3.63, 3.8) is 0 Å². The second kappa shape index (κ2) is 6.77. The Morgan fingerprint density at radius 3 is 2.92 bits per heavy atom. The summed E-state index contributed by atoms with van der Waals surface area (Å²) in [5.41, 5.74) is 2.56. The van der Waals surface area contributed by atoms with Crippen molar-refractivity contribution in [2.45, 2.75) is 30.8 Å². The SMILES string of the molecule is Cc1ccc(C(=O)N2CC3(C[C@H](OCc4ccccn4)CS3)C2)cn1. The second-order valence-electron chi connectivity index (χ2n) is 6.80. The number of hydrogen-bond donors (Lipinski definition) is 0. The molecular weight excluding hydrogens is 334 g/mol. The van der Waals surface area contributed by atoms with E-state index in [-0.39, 0.29) is 16.8 Å². The molecule has 0 bridgehead atoms. The highest BCUT2D eigenvalue weighted by Crippen LogP contribution is 2.46. The molecule has 2 aliphatic rings. The molecule has 1 atom stereocenters. The number of amides is 1. The number of aryl methyl sites for hydroxylation is 1. The Hall–Kier alpha value is -1.92. The summed E-state index contributed by atoms with van der Waals surface area (Å²) < 4.78 is 6.19. The number of rotatable bonds is 4. The molecule has 2 aliphatic heterocycles. The largest absolute Gasteiger partial charge is 0.371 e. The van der Waals surface area contributed by atoms with Gasteiger partial charge in [-0.3, -0.25) is 14.8 Å². The molecule has 1 spiro atoms. The molecule has 0 unspecified atom stereocenters. The summed E-state index contributed by atoms with van der Waals surface area (Å²) >= 11 is 1.94. The normalized spacial score (nSPS) is 21.3. The molecule has 4 rings (SSSR count). The lowest BCUT2D eigenvalue weighted by Crippen LogP contribution is -2.60. The first-order chi connectivity index (χ1) is 12.1. The van der Waals surface area contributed by atoms with Gasteiger partial charge in [-0.15, -0.1) is 11.8 Å². The van der Waals surface area contributed by atoms with Gasteiger partial charge in [0.15, 0.2) is 0 Å². The molecule has 2 saturated heterocycles. The van der Waals surface area contributed by atoms with Crippen molar-refractivity contribution < 1.29 is 9.53 Å². The van der Waals surface area contributed by atoms with Crippen molar-refractivity contribution in [1.29, 1.82) is 0 Å². The van der Waals surface area contributed by atoms with Crippen LogP contribution in [0.5, 0.6) is 0 Å². The van der Waals surface area contributed by atoms with Crippen molar-refractivity contribution in [1.82, 2.24) is 14.9 Å². The first kappa shape index (κ1) is 16.5. The fourth-order valence-corrected chi connectivity index (χ4v) is 4.94. The maximum absolute atomic E-state index is 12.5. The highest BCUT2D eigenvalue weighted by atomic mass is 32.2. The lowest BCUT2D eigenvalue weighted by atomic mass is 9.92. The molecule has 2 aromatic heterocycles. The summed E-state index contributed by atoms with van der Waals surface area (Å²) in [6.45, 7) is 4.08. The number of aromatic nitrogens is 2. The second-order valence-corrected chi connectivity index (χ2v) is 8.29. The average molecular weight is 355 g/mol. The molecule has 6 heteroatoms. The number of thioether (sulfide) groups is 1. The Balaban J connectivity index is 1.28. The highest BCUT2D eigenvalue weighted by Gasteiger charge is 2.51. The summed E-state index contributed by atoms with van der Waals surface area (Å²) in [4.78, 5) is 22.9. The Bertz CT molecular complexity index is 745. The molecule has 0 N–H and O–H groups in total. The Morgan fingerprint density at radius 2 is 2.20 bits per heavy atom. The van der Waals surface area contributed by atoms with Crippen LogP contribution in [0, 0.1) is 6.92 Å². The molecule has 4 heterocycles. The van der Waals surface area contributed by atoms with Crippen molar-refractivity contribution >= 4 is 17.7 Å². The van der Waals surface area contributed by atoms with Gasteiger partial charge in [0.1, 0.15) is 0 Å². The molecule has 130 valence electrons. The molecular formula is C19H21N3O2S. The van der Waals surface area contributed by atoms with Gasteiger partial charge >= 0.3 is 0 Å². The van der Waals surface area contributed by atoms with E-state index >= 15 is 0 Å². The molecule has 0 saturated carbocycles. The van der Waals surface area contributed by atoms with E-state index in [1.807, 2.05) is 53.9 Å². The molecule has 2 aromatic rings. The van der Waals surface area contributed by atoms with E-state index in [1.54, 1.807) is 12.4 Å². The van der Waals surface area contributed by atoms with Crippen LogP contribution in [-0.2, 0) is 11.3 Å². The Labute approximate surface area is 151 Å². The lowest BCUT2D eigenvalue weighted by molar-refractivity contribution is 0.0245. The minimum Gasteiger partial charge on any atom is -0.371 e. The van der Waals surface area contributed by atoms with E-state index < -0.39 is 0 Å². The van der Waals surface area contributed by atoms with Crippen LogP contribution < -0.4 is 0 Å². The van der Waals surface area contributed by atoms with Gasteiger partial charge in [0.2, 0.25) is 0 Å². The van der Waals surface area contributed by atoms with Gasteiger partial charge in [0.25, 0.3) is 5.91 Å². The van der Waals surface area contributed by atoms with Crippen LogP contribution in [0.15, 0.2) is 42.7 Å². The van der Waals surface area contributed by atoms with Crippen molar-refractivity contribution in [3.05, 3.63) is 59.7 Å². The predicted octanol–water partition coefficient (Wildman–Crippen LogP) is 2.70. The van der Waals surface area contributed by atoms with Gasteiger partial charge in [-0.25, -0.2) is 0 Å². The monoisotopic (exact) mass is 355 g/mol. The van der Waals surface area contributed by atoms with Crippen molar-refractivity contribution in [3.8, 4) is 0 Å². The molecule has 25 heavy (non-hydrogen) atoms. The smallest absolute Gasteiger partial charge is 0.255 e. The fraction of sp³-hybridized carbons (Fsp3) is 0.421. The first-order valence-corrected chi connectivity index (χ1v) is 9.50. The lowest BCUT2D eigenvalue weighted by Gasteiger charge is -2.47. The maximum atomic E-state index is 12.5. The van der Waals surface area contributed by atoms with E-state index in [0.717, 1.165) is 36.7 Å². The summed E-state index contributed by atoms with van der Waals surface area (Å²) in [7, 11) is 0. The van der Waals surface area contributed by atoms with Gasteiger partial charge in [-0.05, 0) is 37.6 Å². The van der Waals surface area contributed by atoms with E-state index in [4.69, 9.17) is 4.74 Å². The summed E-state index contributed by atoms with van der Waals surface area (Å²) in [5.74, 6) is 1.07. The zero-order chi connectivity index (χ0) is 17.3. The van der Waals surface area contributed by atoms with Gasteiger partial charge in [-0.1, -0.05) is 6.07 Å². The van der Waals surface area contributed by atoms with Crippen LogP contribution in [0.3, 0.4) is 0 Å². The zero-order valence-electron chi connectivity index (χ0n) is 14.2. The Kier molecular flexibility index (Phi) is 4.48. The summed E-state index contributed by atoms with van der Waals surface area (Å²) in [5, 5.41) is 0. The number of carbonyl (C=O) groups excluding carboxylic acids is 1. The summed E-state index contributed by atoms with van der Waals surface area (Å²) in [6, 6.07) is 9.61. The number of pyridine rings is 2. The van der Waals surface area contributed by atoms with Crippen LogP contribution in [0.2, 0.25) is 0 Å². The third kappa shape index (κ3) is 3.55. The minimum absolute atomic E-state index is 0.0802. The van der Waals surface area contributed by atoms with Crippen LogP contribution in [0.1, 0.15) is 28.2 Å². The van der Waals surface area contributed by atoms with Crippen molar-refractivity contribution in [2.24, 2.45) is 0 Å². The van der Waals surface area contributed by atoms with Gasteiger partial charge in [-0.2, -0.15) is 0 Å². The van der Waals surface area contributed by atoms with Crippen LogP contribution >= 0.6 is 11.8 Å². The molecule has 5 nitrogen and oxygen atoms in total. The highest BCUT2D eigenvalue weighted by molar-refractivity contribution is 8.01. The van der Waals surface area contributed by atoms with E-state index in [0.29, 0.717) is 12.2 Å². The van der Waals surface area contributed by atoms with E-state index in [9.17, 15) is 4.79 Å². The van der Waals surface area contributed by atoms with Crippen LogP contribution in [0.25, 0.3) is 0 Å². The number of nitrogens with zero attached hydrogens (tertiary/aromatic N) is 3. The standard InChI is InChI=1S/C19H21N3O2S/c1-14-5-6-15(9-21-14)18(23)22-12-19(13-22)8-17(11-25-19)24-10-16-4-2-3-7-20-16/h2-7,9,17H,8,10-13H2,1H3/t17-/m0/s1. The van der Waals surface area contributed by atoms with E-state index in [2.05, 4.69) is 9.97 Å². The van der Waals surface area contributed by atoms with E-state index in [1.165, 1.54) is 0 Å². The maximum Gasteiger partial charge on any atom is 0.255 e. The molecule has 1 amide bonds. The zero-order valence-corrected chi connectivity index (χ0v) is 15.0. The number of carbonyl (C=O) groups is 1. The molecule has 0 aromatic carbocycles. The topological polar surface area (TPSA) is 55.3 Å². The molecule has 0 aliphatic carbocycles. The Morgan fingerprint density at radius 1 is 1.32 bits per heavy atom. The minimum atomic E-state index is 0.0802. The van der Waals surface area contributed by atoms with Crippen LogP contribution in [0.4, 0.5) is 0 Å². The molecule has 0 radical (unpaired) electrons. The quantitative estimate of drug-likeness (QED) is 0.844. The average Bonchev–Trinajstić information content (AvgIpc) is 3.04. The summed E-state index contributed by atoms with van der Waals surface area (Å²) in [6.07, 6.45) is 4.70. The first-order valence-electron chi connectivity index (χ1n) is 8.51. The third-order valence-corrected chi connectivity index (χ3v) is 6.35. The van der Waals surface area contributed by atoms with Gasteiger partial charge in [0, 0.05) is 36.9 Å². The van der Waals surface area contributed by atoms with Crippen LogP contribution in [-0.4, -0.2) is 50.5 Å². The van der Waals surface area contributed by atoms with Gasteiger partial charge < -0.3 is 9.64 Å². The number of ether oxygens (including phenoxy) is 1. The molecule has 2 fully saturated rings.